The van der Waals surface area contributed by atoms with E-state index >= 15 is 0 Å². The monoisotopic (exact) mass is 468 g/mol. The first-order valence-corrected chi connectivity index (χ1v) is 9.02. The Morgan fingerprint density at radius 3 is 2.62 bits per heavy atom. The molecule has 0 bridgehead atoms. The van der Waals surface area contributed by atoms with E-state index in [0.717, 1.165) is 24.7 Å². The molecule has 1 fully saturated rings. The summed E-state index contributed by atoms with van der Waals surface area (Å²) in [6.07, 6.45) is 2.94. The first-order valence-electron chi connectivity index (χ1n) is 9.02. The lowest BCUT2D eigenvalue weighted by Gasteiger charge is -2.13. The zero-order valence-electron chi connectivity index (χ0n) is 16.0. The van der Waals surface area contributed by atoms with Gasteiger partial charge in [0.15, 0.2) is 5.96 Å². The second-order valence-electron chi connectivity index (χ2n) is 7.57. The molecule has 3 rings (SSSR count). The van der Waals surface area contributed by atoms with Crippen molar-refractivity contribution in [3.05, 3.63) is 53.7 Å². The van der Waals surface area contributed by atoms with Crippen LogP contribution in [0.1, 0.15) is 57.2 Å². The van der Waals surface area contributed by atoms with E-state index in [1.165, 1.54) is 5.56 Å². The molecule has 2 unspecified atom stereocenters. The highest BCUT2D eigenvalue weighted by molar-refractivity contribution is 14.0. The van der Waals surface area contributed by atoms with Crippen molar-refractivity contribution in [3.8, 4) is 0 Å². The van der Waals surface area contributed by atoms with Gasteiger partial charge < -0.3 is 15.1 Å². The minimum absolute atomic E-state index is 0. The Morgan fingerprint density at radius 1 is 1.27 bits per heavy atom. The van der Waals surface area contributed by atoms with Crippen LogP contribution in [0, 0.1) is 0 Å². The Labute approximate surface area is 173 Å². The Morgan fingerprint density at radius 2 is 2.00 bits per heavy atom. The number of halogens is 1. The number of aliphatic imine (C=N–C) groups is 1. The van der Waals surface area contributed by atoms with E-state index in [9.17, 15) is 0 Å². The van der Waals surface area contributed by atoms with Crippen molar-refractivity contribution in [1.29, 1.82) is 0 Å². The van der Waals surface area contributed by atoms with E-state index in [1.54, 1.807) is 6.20 Å². The van der Waals surface area contributed by atoms with Crippen molar-refractivity contribution in [3.63, 3.8) is 0 Å². The zero-order chi connectivity index (χ0) is 17.9. The highest BCUT2D eigenvalue weighted by Gasteiger charge is 2.38. The summed E-state index contributed by atoms with van der Waals surface area (Å²) in [5.41, 5.74) is 1.35. The molecule has 1 heterocycles. The second-order valence-corrected chi connectivity index (χ2v) is 7.57. The second kappa shape index (κ2) is 8.88. The number of benzene rings is 1. The molecular weight excluding hydrogens is 439 g/mol. The number of rotatable bonds is 5. The minimum Gasteiger partial charge on any atom is -0.443 e. The molecule has 0 spiro atoms. The molecule has 1 saturated carbocycles. The molecule has 1 aliphatic rings. The average molecular weight is 468 g/mol. The van der Waals surface area contributed by atoms with E-state index in [2.05, 4.69) is 78.6 Å². The third-order valence-corrected chi connectivity index (χ3v) is 4.35. The highest BCUT2D eigenvalue weighted by atomic mass is 127. The van der Waals surface area contributed by atoms with E-state index in [-0.39, 0.29) is 29.4 Å². The number of nitrogens with one attached hydrogen (secondary N) is 2. The molecule has 26 heavy (non-hydrogen) atoms. The molecule has 1 aliphatic carbocycles. The number of hydrogen-bond acceptors (Lipinski definition) is 3. The van der Waals surface area contributed by atoms with E-state index < -0.39 is 0 Å². The van der Waals surface area contributed by atoms with Crippen LogP contribution < -0.4 is 10.6 Å². The lowest BCUT2D eigenvalue weighted by Crippen LogP contribution is -2.39. The van der Waals surface area contributed by atoms with Crippen molar-refractivity contribution in [2.24, 2.45) is 4.99 Å². The summed E-state index contributed by atoms with van der Waals surface area (Å²) in [7, 11) is 0. The zero-order valence-corrected chi connectivity index (χ0v) is 18.3. The Kier molecular flexibility index (Phi) is 7.08. The molecule has 1 aromatic carbocycles. The molecule has 2 aromatic rings. The van der Waals surface area contributed by atoms with Crippen LogP contribution in [0.3, 0.4) is 0 Å². The topological polar surface area (TPSA) is 62.5 Å². The van der Waals surface area contributed by atoms with E-state index in [1.807, 2.05) is 0 Å². The number of guanidine groups is 1. The minimum atomic E-state index is -0.0331. The number of nitrogens with zero attached hydrogens (tertiary/aromatic N) is 2. The molecule has 142 valence electrons. The molecule has 0 radical (unpaired) electrons. The van der Waals surface area contributed by atoms with Gasteiger partial charge in [-0.25, -0.2) is 9.98 Å². The van der Waals surface area contributed by atoms with Crippen LogP contribution in [0.15, 0.2) is 45.9 Å². The fourth-order valence-electron chi connectivity index (χ4n) is 2.80. The van der Waals surface area contributed by atoms with Crippen LogP contribution in [0.4, 0.5) is 0 Å². The molecular formula is C20H29IN4O. The van der Waals surface area contributed by atoms with Gasteiger partial charge in [0.1, 0.15) is 12.3 Å². The van der Waals surface area contributed by atoms with Crippen molar-refractivity contribution in [2.75, 3.05) is 6.54 Å². The normalized spacial score (nSPS) is 19.6. The first kappa shape index (κ1) is 20.7. The standard InChI is InChI=1S/C20H28N4O.HI/c1-5-21-19(23-13-18-22-12-17(25-18)20(2,3)4)24-16-11-15(16)14-9-7-6-8-10-14;/h6-10,12,15-16H,5,11,13H2,1-4H3,(H2,21,23,24);1H. The predicted molar refractivity (Wildman–Crippen MR) is 116 cm³/mol. The van der Waals surface area contributed by atoms with Crippen molar-refractivity contribution in [2.45, 2.75) is 58.0 Å². The van der Waals surface area contributed by atoms with Crippen molar-refractivity contribution >= 4 is 29.9 Å². The highest BCUT2D eigenvalue weighted by Crippen LogP contribution is 2.40. The maximum atomic E-state index is 5.81. The molecule has 0 amide bonds. The fraction of sp³-hybridized carbons (Fsp3) is 0.500. The lowest BCUT2D eigenvalue weighted by atomic mass is 9.94. The molecule has 5 nitrogen and oxygen atoms in total. The van der Waals surface area contributed by atoms with Gasteiger partial charge in [0.05, 0.1) is 6.20 Å². The van der Waals surface area contributed by atoms with Crippen LogP contribution in [0.25, 0.3) is 0 Å². The molecule has 6 heteroatoms. The molecule has 2 atom stereocenters. The summed E-state index contributed by atoms with van der Waals surface area (Å²) in [6.45, 7) is 9.68. The maximum Gasteiger partial charge on any atom is 0.216 e. The summed E-state index contributed by atoms with van der Waals surface area (Å²) < 4.78 is 5.81. The molecule has 0 saturated heterocycles. The third-order valence-electron chi connectivity index (χ3n) is 4.35. The van der Waals surface area contributed by atoms with Crippen LogP contribution in [0.5, 0.6) is 0 Å². The fourth-order valence-corrected chi connectivity index (χ4v) is 2.80. The van der Waals surface area contributed by atoms with Crippen molar-refractivity contribution < 1.29 is 4.42 Å². The number of oxazole rings is 1. The summed E-state index contributed by atoms with van der Waals surface area (Å²) in [4.78, 5) is 8.97. The molecule has 1 aromatic heterocycles. The number of hydrogen-bond donors (Lipinski definition) is 2. The average Bonchev–Trinajstić information content (AvgIpc) is 3.16. The SMILES string of the molecule is CCNC(=NCc1ncc(C(C)(C)C)o1)NC1CC1c1ccccc1.I. The summed E-state index contributed by atoms with van der Waals surface area (Å²) in [5.74, 6) is 2.93. The quantitative estimate of drug-likeness (QED) is 0.392. The third kappa shape index (κ3) is 5.46. The van der Waals surface area contributed by atoms with Crippen molar-refractivity contribution in [1.82, 2.24) is 15.6 Å². The molecule has 0 aliphatic heterocycles. The van der Waals surface area contributed by atoms with Gasteiger partial charge >= 0.3 is 0 Å². The van der Waals surface area contributed by atoms with Crippen LogP contribution in [0.2, 0.25) is 0 Å². The predicted octanol–water partition coefficient (Wildman–Crippen LogP) is 4.20. The largest absolute Gasteiger partial charge is 0.443 e. The van der Waals surface area contributed by atoms with Gasteiger partial charge in [0, 0.05) is 23.9 Å². The van der Waals surface area contributed by atoms with Crippen LogP contribution >= 0.6 is 24.0 Å². The Bertz CT molecular complexity index is 721. The maximum absolute atomic E-state index is 5.81. The van der Waals surface area contributed by atoms with Gasteiger partial charge in [0.2, 0.25) is 5.89 Å². The van der Waals surface area contributed by atoms with Gasteiger partial charge in [-0.15, -0.1) is 24.0 Å². The van der Waals surface area contributed by atoms with Gasteiger partial charge in [-0.1, -0.05) is 51.1 Å². The van der Waals surface area contributed by atoms with Gasteiger partial charge in [-0.2, -0.15) is 0 Å². The summed E-state index contributed by atoms with van der Waals surface area (Å²) >= 11 is 0. The smallest absolute Gasteiger partial charge is 0.216 e. The number of aromatic nitrogens is 1. The van der Waals surface area contributed by atoms with E-state index in [0.29, 0.717) is 24.4 Å². The van der Waals surface area contributed by atoms with Crippen LogP contribution in [-0.2, 0) is 12.0 Å². The molecule has 2 N–H and O–H groups in total. The van der Waals surface area contributed by atoms with E-state index in [4.69, 9.17) is 4.42 Å². The van der Waals surface area contributed by atoms with Crippen LogP contribution in [-0.4, -0.2) is 23.5 Å². The van der Waals surface area contributed by atoms with Gasteiger partial charge in [-0.05, 0) is 18.9 Å². The summed E-state index contributed by atoms with van der Waals surface area (Å²) in [5, 5.41) is 6.82. The van der Waals surface area contributed by atoms with Gasteiger partial charge in [0.25, 0.3) is 0 Å². The first-order chi connectivity index (χ1) is 12.0. The summed E-state index contributed by atoms with van der Waals surface area (Å²) in [6, 6.07) is 11.1. The Balaban J connectivity index is 0.00000243. The Hall–Kier alpha value is -1.57. The van der Waals surface area contributed by atoms with Gasteiger partial charge in [-0.3, -0.25) is 0 Å². The lowest BCUT2D eigenvalue weighted by molar-refractivity contribution is 0.383.